The molecule has 0 bridgehead atoms. The van der Waals surface area contributed by atoms with E-state index in [1.807, 2.05) is 6.07 Å². The summed E-state index contributed by atoms with van der Waals surface area (Å²) in [5.41, 5.74) is 3.54. The largest absolute Gasteiger partial charge is 0.384 e. The summed E-state index contributed by atoms with van der Waals surface area (Å²) >= 11 is 0. The van der Waals surface area contributed by atoms with E-state index in [0.717, 1.165) is 37.4 Å². The normalized spacial score (nSPS) is 21.4. The Bertz CT molecular complexity index is 602. The third-order valence-corrected chi connectivity index (χ3v) is 3.80. The molecule has 1 aromatic carbocycles. The van der Waals surface area contributed by atoms with Gasteiger partial charge in [0.1, 0.15) is 0 Å². The lowest BCUT2D eigenvalue weighted by Gasteiger charge is -2.00. The molecule has 0 amide bonds. The highest BCUT2D eigenvalue weighted by atomic mass is 16.5. The first kappa shape index (κ1) is 11.0. The minimum atomic E-state index is 0.286. The smallest absolute Gasteiger partial charge is 0.257 e. The van der Waals surface area contributed by atoms with E-state index in [4.69, 9.17) is 9.26 Å². The van der Waals surface area contributed by atoms with Crippen molar-refractivity contribution in [3.63, 3.8) is 0 Å². The topological polar surface area (TPSA) is 60.2 Å². The highest BCUT2D eigenvalue weighted by Gasteiger charge is 2.23. The number of ether oxygens (including phenoxy) is 1. The maximum absolute atomic E-state index is 5.39. The van der Waals surface area contributed by atoms with Crippen LogP contribution in [0.1, 0.15) is 23.7 Å². The van der Waals surface area contributed by atoms with Crippen LogP contribution in [0.4, 0.5) is 5.69 Å². The summed E-state index contributed by atoms with van der Waals surface area (Å²) < 4.78 is 10.7. The molecule has 1 aromatic heterocycles. The molecule has 2 aromatic rings. The molecule has 1 atom stereocenters. The number of rotatable bonds is 2. The third-order valence-electron chi connectivity index (χ3n) is 3.80. The van der Waals surface area contributed by atoms with E-state index < -0.39 is 0 Å². The summed E-state index contributed by atoms with van der Waals surface area (Å²) in [4.78, 5) is 4.51. The van der Waals surface area contributed by atoms with Crippen LogP contribution in [0, 0.1) is 0 Å². The first-order valence-electron chi connectivity index (χ1n) is 6.69. The Morgan fingerprint density at radius 1 is 1.32 bits per heavy atom. The highest BCUT2D eigenvalue weighted by molar-refractivity contribution is 5.64. The van der Waals surface area contributed by atoms with Crippen molar-refractivity contribution in [1.29, 1.82) is 0 Å². The lowest BCUT2D eigenvalue weighted by Crippen LogP contribution is -1.99. The van der Waals surface area contributed by atoms with Crippen LogP contribution >= 0.6 is 0 Å². The van der Waals surface area contributed by atoms with E-state index in [1.165, 1.54) is 11.3 Å². The van der Waals surface area contributed by atoms with Gasteiger partial charge in [-0.05, 0) is 36.6 Å². The second kappa shape index (κ2) is 4.35. The molecule has 1 unspecified atom stereocenters. The monoisotopic (exact) mass is 257 g/mol. The molecule has 2 aliphatic heterocycles. The van der Waals surface area contributed by atoms with E-state index in [-0.39, 0.29) is 5.92 Å². The third kappa shape index (κ3) is 1.90. The van der Waals surface area contributed by atoms with Crippen molar-refractivity contribution < 1.29 is 9.26 Å². The van der Waals surface area contributed by atoms with Gasteiger partial charge in [-0.1, -0.05) is 5.16 Å². The second-order valence-electron chi connectivity index (χ2n) is 5.07. The molecule has 1 fully saturated rings. The molecule has 0 spiro atoms. The zero-order valence-electron chi connectivity index (χ0n) is 10.6. The van der Waals surface area contributed by atoms with Crippen molar-refractivity contribution in [2.75, 3.05) is 25.1 Å². The second-order valence-corrected chi connectivity index (χ2v) is 5.07. The van der Waals surface area contributed by atoms with Gasteiger partial charge in [0.25, 0.3) is 5.89 Å². The van der Waals surface area contributed by atoms with Gasteiger partial charge >= 0.3 is 0 Å². The first-order chi connectivity index (χ1) is 9.40. The van der Waals surface area contributed by atoms with Crippen LogP contribution in [-0.2, 0) is 11.2 Å². The molecule has 1 N–H and O–H groups in total. The van der Waals surface area contributed by atoms with Crippen molar-refractivity contribution in [1.82, 2.24) is 10.1 Å². The minimum absolute atomic E-state index is 0.286. The predicted octanol–water partition coefficient (Wildman–Crippen LogP) is 2.21. The number of aromatic nitrogens is 2. The summed E-state index contributed by atoms with van der Waals surface area (Å²) in [6.07, 6.45) is 2.04. The predicted molar refractivity (Wildman–Crippen MR) is 70.1 cm³/mol. The average Bonchev–Trinajstić information content (AvgIpc) is 3.18. The molecule has 3 heterocycles. The maximum Gasteiger partial charge on any atom is 0.257 e. The number of benzene rings is 1. The van der Waals surface area contributed by atoms with Gasteiger partial charge in [0.15, 0.2) is 5.82 Å². The molecule has 1 saturated heterocycles. The SMILES string of the molecule is c1cc2c(cc1-c1nc(C3CCOC3)no1)CCN2. The Hall–Kier alpha value is -1.88. The number of hydrogen-bond donors (Lipinski definition) is 1. The van der Waals surface area contributed by atoms with Crippen LogP contribution in [0.15, 0.2) is 22.7 Å². The van der Waals surface area contributed by atoms with Crippen LogP contribution in [0.25, 0.3) is 11.5 Å². The Morgan fingerprint density at radius 3 is 3.21 bits per heavy atom. The van der Waals surface area contributed by atoms with Gasteiger partial charge in [0, 0.05) is 30.3 Å². The lowest BCUT2D eigenvalue weighted by atomic mass is 10.1. The van der Waals surface area contributed by atoms with E-state index in [1.54, 1.807) is 0 Å². The van der Waals surface area contributed by atoms with Crippen molar-refractivity contribution in [3.8, 4) is 11.5 Å². The van der Waals surface area contributed by atoms with Crippen LogP contribution in [0.5, 0.6) is 0 Å². The quantitative estimate of drug-likeness (QED) is 0.893. The summed E-state index contributed by atoms with van der Waals surface area (Å²) in [6.45, 7) is 2.50. The van der Waals surface area contributed by atoms with Crippen LogP contribution in [0.3, 0.4) is 0 Å². The molecule has 2 aliphatic rings. The molecule has 0 radical (unpaired) electrons. The Labute approximate surface area is 111 Å². The first-order valence-corrected chi connectivity index (χ1v) is 6.69. The fourth-order valence-corrected chi connectivity index (χ4v) is 2.69. The number of anilines is 1. The van der Waals surface area contributed by atoms with Gasteiger partial charge in [-0.3, -0.25) is 0 Å². The van der Waals surface area contributed by atoms with Crippen LogP contribution in [0.2, 0.25) is 0 Å². The van der Waals surface area contributed by atoms with E-state index in [2.05, 4.69) is 27.6 Å². The molecule has 5 heteroatoms. The number of nitrogens with zero attached hydrogens (tertiary/aromatic N) is 2. The molecule has 98 valence electrons. The fourth-order valence-electron chi connectivity index (χ4n) is 2.69. The molecule has 4 rings (SSSR count). The van der Waals surface area contributed by atoms with Crippen LogP contribution in [-0.4, -0.2) is 29.9 Å². The summed E-state index contributed by atoms with van der Waals surface area (Å²) in [5.74, 6) is 1.66. The number of fused-ring (bicyclic) bond motifs is 1. The maximum atomic E-state index is 5.39. The van der Waals surface area contributed by atoms with E-state index in [9.17, 15) is 0 Å². The van der Waals surface area contributed by atoms with Gasteiger partial charge in [-0.15, -0.1) is 0 Å². The van der Waals surface area contributed by atoms with E-state index >= 15 is 0 Å². The number of nitrogens with one attached hydrogen (secondary N) is 1. The Morgan fingerprint density at radius 2 is 2.32 bits per heavy atom. The van der Waals surface area contributed by atoms with Crippen LogP contribution < -0.4 is 5.32 Å². The molecule has 5 nitrogen and oxygen atoms in total. The van der Waals surface area contributed by atoms with Gasteiger partial charge in [0.05, 0.1) is 6.61 Å². The molecule has 0 saturated carbocycles. The van der Waals surface area contributed by atoms with Crippen molar-refractivity contribution in [2.24, 2.45) is 0 Å². The zero-order chi connectivity index (χ0) is 12.7. The number of hydrogen-bond acceptors (Lipinski definition) is 5. The van der Waals surface area contributed by atoms with Crippen molar-refractivity contribution in [3.05, 3.63) is 29.6 Å². The van der Waals surface area contributed by atoms with Crippen molar-refractivity contribution >= 4 is 5.69 Å². The zero-order valence-corrected chi connectivity index (χ0v) is 10.6. The molecule has 19 heavy (non-hydrogen) atoms. The van der Waals surface area contributed by atoms with Crippen molar-refractivity contribution in [2.45, 2.75) is 18.8 Å². The lowest BCUT2D eigenvalue weighted by molar-refractivity contribution is 0.192. The van der Waals surface area contributed by atoms with Gasteiger partial charge in [0.2, 0.25) is 0 Å². The van der Waals surface area contributed by atoms with E-state index in [0.29, 0.717) is 12.5 Å². The summed E-state index contributed by atoms with van der Waals surface area (Å²) in [7, 11) is 0. The Balaban J connectivity index is 1.65. The minimum Gasteiger partial charge on any atom is -0.384 e. The summed E-state index contributed by atoms with van der Waals surface area (Å²) in [6, 6.07) is 6.25. The molecular weight excluding hydrogens is 242 g/mol. The molecular formula is C14H15N3O2. The standard InChI is InChI=1S/C14H15N3O2/c1-2-12-9(3-5-15-12)7-10(1)14-16-13(17-19-14)11-4-6-18-8-11/h1-2,7,11,15H,3-6,8H2. The van der Waals surface area contributed by atoms with Gasteiger partial charge < -0.3 is 14.6 Å². The van der Waals surface area contributed by atoms with Gasteiger partial charge in [-0.25, -0.2) is 0 Å². The van der Waals surface area contributed by atoms with Gasteiger partial charge in [-0.2, -0.15) is 4.98 Å². The highest BCUT2D eigenvalue weighted by Crippen LogP contribution is 2.29. The average molecular weight is 257 g/mol. The summed E-state index contributed by atoms with van der Waals surface area (Å²) in [5, 5.41) is 7.43. The fraction of sp³-hybridized carbons (Fsp3) is 0.429. The Kier molecular flexibility index (Phi) is 2.51. The molecule has 0 aliphatic carbocycles.